The lowest BCUT2D eigenvalue weighted by atomic mass is 10.0. The van der Waals surface area contributed by atoms with Crippen LogP contribution >= 0.6 is 0 Å². The van der Waals surface area contributed by atoms with Crippen molar-refractivity contribution in [3.63, 3.8) is 0 Å². The predicted octanol–water partition coefficient (Wildman–Crippen LogP) is 1.05. The zero-order valence-electron chi connectivity index (χ0n) is 9.89. The summed E-state index contributed by atoms with van der Waals surface area (Å²) >= 11 is 0. The molecular weight excluding hydrogens is 200 g/mol. The molecule has 1 aromatic rings. The minimum absolute atomic E-state index is 0.686. The molecule has 0 spiro atoms. The van der Waals surface area contributed by atoms with Gasteiger partial charge in [-0.15, -0.1) is 0 Å². The van der Waals surface area contributed by atoms with Crippen LogP contribution in [0.15, 0.2) is 18.6 Å². The average molecular weight is 220 g/mol. The summed E-state index contributed by atoms with van der Waals surface area (Å²) in [6.07, 6.45) is 9.28. The number of likely N-dealkylation sites (N-methyl/N-ethyl adjacent to an activating group) is 1. The normalized spacial score (nSPS) is 22.2. The summed E-state index contributed by atoms with van der Waals surface area (Å²) in [6.45, 7) is 3.10. The van der Waals surface area contributed by atoms with Gasteiger partial charge in [0, 0.05) is 37.7 Å². The van der Waals surface area contributed by atoms with Crippen molar-refractivity contribution in [3.8, 4) is 0 Å². The smallest absolute Gasteiger partial charge is 0.0724 e. The molecule has 4 nitrogen and oxygen atoms in total. The minimum Gasteiger partial charge on any atom is -0.310 e. The Kier molecular flexibility index (Phi) is 4.25. The van der Waals surface area contributed by atoms with E-state index in [0.29, 0.717) is 6.04 Å². The topological polar surface area (TPSA) is 41.0 Å². The Morgan fingerprint density at radius 2 is 2.38 bits per heavy atom. The minimum atomic E-state index is 0.686. The lowest BCUT2D eigenvalue weighted by molar-refractivity contribution is 0.181. The molecular formula is C12H20N4. The molecule has 2 heterocycles. The zero-order valence-corrected chi connectivity index (χ0v) is 9.89. The van der Waals surface area contributed by atoms with Crippen LogP contribution in [-0.4, -0.2) is 41.0 Å². The van der Waals surface area contributed by atoms with E-state index in [1.807, 2.05) is 6.20 Å². The maximum absolute atomic E-state index is 4.24. The Balaban J connectivity index is 1.71. The molecule has 1 unspecified atom stereocenters. The van der Waals surface area contributed by atoms with Gasteiger partial charge in [-0.05, 0) is 26.4 Å². The summed E-state index contributed by atoms with van der Waals surface area (Å²) in [4.78, 5) is 10.7. The summed E-state index contributed by atoms with van der Waals surface area (Å²) in [6, 6.07) is 0.686. The van der Waals surface area contributed by atoms with Gasteiger partial charge in [0.15, 0.2) is 0 Å². The second kappa shape index (κ2) is 5.92. The van der Waals surface area contributed by atoms with Crippen LogP contribution in [0.5, 0.6) is 0 Å². The van der Waals surface area contributed by atoms with Crippen LogP contribution < -0.4 is 5.32 Å². The van der Waals surface area contributed by atoms with Crippen molar-refractivity contribution in [1.82, 2.24) is 20.2 Å². The van der Waals surface area contributed by atoms with Crippen molar-refractivity contribution in [2.75, 3.05) is 20.1 Å². The first kappa shape index (κ1) is 11.5. The monoisotopic (exact) mass is 220 g/mol. The molecule has 1 saturated heterocycles. The molecule has 0 bridgehead atoms. The Morgan fingerprint density at radius 3 is 3.12 bits per heavy atom. The van der Waals surface area contributed by atoms with Crippen molar-refractivity contribution in [3.05, 3.63) is 24.3 Å². The maximum atomic E-state index is 4.24. The molecule has 1 atom stereocenters. The zero-order chi connectivity index (χ0) is 11.2. The molecule has 0 aromatic carbocycles. The van der Waals surface area contributed by atoms with Gasteiger partial charge in [0.25, 0.3) is 0 Å². The fraction of sp³-hybridized carbons (Fsp3) is 0.667. The van der Waals surface area contributed by atoms with Crippen molar-refractivity contribution in [2.24, 2.45) is 0 Å². The van der Waals surface area contributed by atoms with Gasteiger partial charge in [0.2, 0.25) is 0 Å². The van der Waals surface area contributed by atoms with E-state index in [-0.39, 0.29) is 0 Å². The third-order valence-electron chi connectivity index (χ3n) is 3.22. The first-order chi connectivity index (χ1) is 7.86. The maximum Gasteiger partial charge on any atom is 0.0724 e. The molecule has 2 rings (SSSR count). The molecule has 1 fully saturated rings. The lowest BCUT2D eigenvalue weighted by Gasteiger charge is -2.32. The summed E-state index contributed by atoms with van der Waals surface area (Å²) in [7, 11) is 2.22. The van der Waals surface area contributed by atoms with Crippen molar-refractivity contribution in [2.45, 2.75) is 31.8 Å². The van der Waals surface area contributed by atoms with E-state index < -0.39 is 0 Å². The molecule has 4 heteroatoms. The second-order valence-corrected chi connectivity index (χ2v) is 4.46. The average Bonchev–Trinajstić information content (AvgIpc) is 2.33. The van der Waals surface area contributed by atoms with E-state index in [9.17, 15) is 0 Å². The van der Waals surface area contributed by atoms with E-state index in [2.05, 4.69) is 27.2 Å². The number of nitrogens with zero attached hydrogens (tertiary/aromatic N) is 3. The SMILES string of the molecule is CN1CCCCC1CNCc1cnccn1. The molecule has 0 saturated carbocycles. The van der Waals surface area contributed by atoms with Crippen LogP contribution in [0.4, 0.5) is 0 Å². The third-order valence-corrected chi connectivity index (χ3v) is 3.22. The Hall–Kier alpha value is -1.00. The van der Waals surface area contributed by atoms with Gasteiger partial charge < -0.3 is 10.2 Å². The highest BCUT2D eigenvalue weighted by Crippen LogP contribution is 2.13. The predicted molar refractivity (Wildman–Crippen MR) is 64.0 cm³/mol. The van der Waals surface area contributed by atoms with Gasteiger partial charge in [0.1, 0.15) is 0 Å². The van der Waals surface area contributed by atoms with Gasteiger partial charge in [-0.1, -0.05) is 6.42 Å². The number of likely N-dealkylation sites (tertiary alicyclic amines) is 1. The highest BCUT2D eigenvalue weighted by Gasteiger charge is 2.17. The van der Waals surface area contributed by atoms with Gasteiger partial charge in [-0.3, -0.25) is 9.97 Å². The van der Waals surface area contributed by atoms with Crippen LogP contribution in [0, 0.1) is 0 Å². The summed E-state index contributed by atoms with van der Waals surface area (Å²) < 4.78 is 0. The first-order valence-electron chi connectivity index (χ1n) is 6.02. The molecule has 1 N–H and O–H groups in total. The van der Waals surface area contributed by atoms with E-state index in [1.54, 1.807) is 12.4 Å². The van der Waals surface area contributed by atoms with Gasteiger partial charge in [-0.25, -0.2) is 0 Å². The number of hydrogen-bond acceptors (Lipinski definition) is 4. The largest absolute Gasteiger partial charge is 0.310 e. The third kappa shape index (κ3) is 3.25. The highest BCUT2D eigenvalue weighted by molar-refractivity contribution is 4.94. The van der Waals surface area contributed by atoms with Gasteiger partial charge >= 0.3 is 0 Å². The molecule has 16 heavy (non-hydrogen) atoms. The van der Waals surface area contributed by atoms with E-state index in [1.165, 1.54) is 25.8 Å². The number of piperidine rings is 1. The van der Waals surface area contributed by atoms with Crippen molar-refractivity contribution < 1.29 is 0 Å². The standard InChI is InChI=1S/C12H20N4/c1-16-7-3-2-4-12(16)10-14-9-11-8-13-5-6-15-11/h5-6,8,12,14H,2-4,7,9-10H2,1H3. The van der Waals surface area contributed by atoms with Crippen LogP contribution in [0.2, 0.25) is 0 Å². The van der Waals surface area contributed by atoms with Crippen molar-refractivity contribution in [1.29, 1.82) is 0 Å². The fourth-order valence-corrected chi connectivity index (χ4v) is 2.19. The van der Waals surface area contributed by atoms with E-state index in [0.717, 1.165) is 18.8 Å². The molecule has 1 aliphatic heterocycles. The van der Waals surface area contributed by atoms with E-state index in [4.69, 9.17) is 0 Å². The van der Waals surface area contributed by atoms with E-state index >= 15 is 0 Å². The first-order valence-corrected chi connectivity index (χ1v) is 6.02. The molecule has 0 amide bonds. The Bertz CT molecular complexity index is 301. The summed E-state index contributed by atoms with van der Waals surface area (Å²) in [5.74, 6) is 0. The quantitative estimate of drug-likeness (QED) is 0.823. The lowest BCUT2D eigenvalue weighted by Crippen LogP contribution is -2.42. The van der Waals surface area contributed by atoms with Crippen LogP contribution in [-0.2, 0) is 6.54 Å². The van der Waals surface area contributed by atoms with Crippen LogP contribution in [0.1, 0.15) is 25.0 Å². The molecule has 1 aromatic heterocycles. The van der Waals surface area contributed by atoms with Crippen LogP contribution in [0.25, 0.3) is 0 Å². The summed E-state index contributed by atoms with van der Waals surface area (Å²) in [5.41, 5.74) is 1.01. The molecule has 0 aliphatic carbocycles. The van der Waals surface area contributed by atoms with Gasteiger partial charge in [0.05, 0.1) is 5.69 Å². The molecule has 88 valence electrons. The molecule has 0 radical (unpaired) electrons. The fourth-order valence-electron chi connectivity index (χ4n) is 2.19. The Labute approximate surface area is 97.1 Å². The van der Waals surface area contributed by atoms with Crippen molar-refractivity contribution >= 4 is 0 Å². The second-order valence-electron chi connectivity index (χ2n) is 4.46. The number of aromatic nitrogens is 2. The Morgan fingerprint density at radius 1 is 1.44 bits per heavy atom. The van der Waals surface area contributed by atoms with Crippen LogP contribution in [0.3, 0.4) is 0 Å². The number of rotatable bonds is 4. The number of nitrogens with one attached hydrogen (secondary N) is 1. The molecule has 1 aliphatic rings. The number of hydrogen-bond donors (Lipinski definition) is 1. The highest BCUT2D eigenvalue weighted by atomic mass is 15.2. The summed E-state index contributed by atoms with van der Waals surface area (Å²) in [5, 5.41) is 3.46. The van der Waals surface area contributed by atoms with Gasteiger partial charge in [-0.2, -0.15) is 0 Å².